The normalized spacial score (nSPS) is 41.2. The van der Waals surface area contributed by atoms with Crippen LogP contribution in [0.1, 0.15) is 0 Å². The molecule has 0 spiro atoms. The summed E-state index contributed by atoms with van der Waals surface area (Å²) in [5, 5.41) is 46.9. The van der Waals surface area contributed by atoms with Crippen molar-refractivity contribution in [1.29, 1.82) is 0 Å². The van der Waals surface area contributed by atoms with Crippen molar-refractivity contribution in [3.63, 3.8) is 0 Å². The number of amides is 1. The van der Waals surface area contributed by atoms with Crippen LogP contribution in [0.2, 0.25) is 0 Å². The summed E-state index contributed by atoms with van der Waals surface area (Å²) in [7, 11) is 0. The number of carbonyl (C=O) groups is 1. The number of nitrogens with one attached hydrogen (secondary N) is 1. The van der Waals surface area contributed by atoms with Crippen LogP contribution in [0, 0.1) is 0 Å². The number of hydrogen-bond acceptors (Lipinski definition) is 6. The zero-order chi connectivity index (χ0) is 11.6. The maximum absolute atomic E-state index is 10.3. The van der Waals surface area contributed by atoms with Gasteiger partial charge in [0.1, 0.15) is 24.4 Å². The Balaban J connectivity index is 2.69. The number of ether oxygens (including phenoxy) is 1. The van der Waals surface area contributed by atoms with Gasteiger partial charge < -0.3 is 30.3 Å². The molecule has 1 saturated heterocycles. The zero-order valence-electron chi connectivity index (χ0n) is 7.65. The first-order chi connectivity index (χ1) is 6.97. The molecule has 1 fully saturated rings. The van der Waals surface area contributed by atoms with Crippen LogP contribution in [0.5, 0.6) is 0 Å². The van der Waals surface area contributed by atoms with E-state index in [1.54, 1.807) is 0 Å². The van der Waals surface area contributed by atoms with Crippen LogP contribution in [0.4, 0.5) is 4.79 Å². The predicted molar refractivity (Wildman–Crippen MR) is 44.9 cm³/mol. The lowest BCUT2D eigenvalue weighted by Gasteiger charge is -2.39. The Morgan fingerprint density at radius 1 is 1.20 bits per heavy atom. The molecule has 1 aliphatic rings. The Hall–Kier alpha value is -0.930. The lowest BCUT2D eigenvalue weighted by atomic mass is 9.98. The molecule has 8 nitrogen and oxygen atoms in total. The summed E-state index contributed by atoms with van der Waals surface area (Å²) < 4.78 is 4.84. The Kier molecular flexibility index (Phi) is 3.83. The number of hydrogen-bond donors (Lipinski definition) is 6. The first-order valence-electron chi connectivity index (χ1n) is 4.27. The van der Waals surface area contributed by atoms with Gasteiger partial charge in [-0.25, -0.2) is 4.79 Å². The van der Waals surface area contributed by atoms with E-state index in [0.29, 0.717) is 0 Å². The molecule has 1 heterocycles. The van der Waals surface area contributed by atoms with Crippen LogP contribution < -0.4 is 5.32 Å². The molecule has 8 heteroatoms. The highest BCUT2D eigenvalue weighted by Gasteiger charge is 2.43. The summed E-state index contributed by atoms with van der Waals surface area (Å²) in [6.45, 7) is -0.594. The lowest BCUT2D eigenvalue weighted by molar-refractivity contribution is -0.234. The first kappa shape index (κ1) is 12.1. The molecule has 0 aromatic rings. The van der Waals surface area contributed by atoms with E-state index >= 15 is 0 Å². The molecule has 0 aromatic heterocycles. The summed E-state index contributed by atoms with van der Waals surface area (Å²) in [4.78, 5) is 10.3. The fourth-order valence-electron chi connectivity index (χ4n) is 1.34. The third-order valence-corrected chi connectivity index (χ3v) is 2.16. The van der Waals surface area contributed by atoms with E-state index < -0.39 is 43.3 Å². The van der Waals surface area contributed by atoms with Gasteiger partial charge in [0, 0.05) is 0 Å². The Bertz CT molecular complexity index is 233. The van der Waals surface area contributed by atoms with Crippen molar-refractivity contribution in [2.45, 2.75) is 30.6 Å². The summed E-state index contributed by atoms with van der Waals surface area (Å²) >= 11 is 0. The van der Waals surface area contributed by atoms with Crippen LogP contribution in [-0.4, -0.2) is 68.9 Å². The van der Waals surface area contributed by atoms with Crippen LogP contribution >= 0.6 is 0 Å². The van der Waals surface area contributed by atoms with E-state index in [2.05, 4.69) is 0 Å². The van der Waals surface area contributed by atoms with Crippen LogP contribution in [-0.2, 0) is 4.74 Å². The summed E-state index contributed by atoms with van der Waals surface area (Å²) in [6, 6.07) is 0. The first-order valence-corrected chi connectivity index (χ1v) is 4.27. The summed E-state index contributed by atoms with van der Waals surface area (Å²) in [5.41, 5.74) is 0. The average molecular weight is 223 g/mol. The molecular formula is C7H13NO7. The average Bonchev–Trinajstić information content (AvgIpc) is 2.18. The topological polar surface area (TPSA) is 139 Å². The van der Waals surface area contributed by atoms with Crippen LogP contribution in [0.25, 0.3) is 0 Å². The monoisotopic (exact) mass is 223 g/mol. The van der Waals surface area contributed by atoms with Gasteiger partial charge in [-0.15, -0.1) is 0 Å². The van der Waals surface area contributed by atoms with Crippen molar-refractivity contribution in [3.8, 4) is 0 Å². The minimum Gasteiger partial charge on any atom is -0.465 e. The van der Waals surface area contributed by atoms with E-state index in [4.69, 9.17) is 14.9 Å². The molecule has 0 saturated carbocycles. The summed E-state index contributed by atoms with van der Waals surface area (Å²) in [6.07, 6.45) is -8.58. The highest BCUT2D eigenvalue weighted by atomic mass is 16.6. The van der Waals surface area contributed by atoms with Crippen molar-refractivity contribution in [2.75, 3.05) is 6.61 Å². The quantitative estimate of drug-likeness (QED) is 0.294. The standard InChI is InChI=1S/C7H13NO7/c9-1-2-3(10)4(11)5(12)6(15-2)8-7(13)14/h2-6,8-12H,1H2,(H,13,14)/t2-,3-,4+,5-,6?/m1/s1. The molecule has 1 amide bonds. The van der Waals surface area contributed by atoms with Gasteiger partial charge >= 0.3 is 6.09 Å². The number of carboxylic acid groups (broad SMARTS) is 1. The molecule has 5 atom stereocenters. The second kappa shape index (κ2) is 4.73. The van der Waals surface area contributed by atoms with Crippen LogP contribution in [0.3, 0.4) is 0 Å². The van der Waals surface area contributed by atoms with Crippen molar-refractivity contribution in [1.82, 2.24) is 5.32 Å². The number of aliphatic hydroxyl groups is 4. The maximum atomic E-state index is 10.3. The van der Waals surface area contributed by atoms with Crippen LogP contribution in [0.15, 0.2) is 0 Å². The van der Waals surface area contributed by atoms with Crippen molar-refractivity contribution in [3.05, 3.63) is 0 Å². The minimum absolute atomic E-state index is 0.594. The molecule has 0 aromatic carbocycles. The van der Waals surface area contributed by atoms with Gasteiger partial charge in [-0.1, -0.05) is 0 Å². The van der Waals surface area contributed by atoms with E-state index in [1.165, 1.54) is 0 Å². The van der Waals surface area contributed by atoms with E-state index in [0.717, 1.165) is 0 Å². The zero-order valence-corrected chi connectivity index (χ0v) is 7.65. The van der Waals surface area contributed by atoms with Gasteiger partial charge in [0.15, 0.2) is 6.23 Å². The van der Waals surface area contributed by atoms with E-state index in [-0.39, 0.29) is 0 Å². The summed E-state index contributed by atoms with van der Waals surface area (Å²) in [5.74, 6) is 0. The molecule has 0 bridgehead atoms. The Morgan fingerprint density at radius 2 is 1.80 bits per heavy atom. The third-order valence-electron chi connectivity index (χ3n) is 2.16. The van der Waals surface area contributed by atoms with Gasteiger partial charge in [0.25, 0.3) is 0 Å². The second-order valence-electron chi connectivity index (χ2n) is 3.20. The molecule has 0 radical (unpaired) electrons. The lowest BCUT2D eigenvalue weighted by Crippen LogP contribution is -2.63. The van der Waals surface area contributed by atoms with E-state index in [9.17, 15) is 20.1 Å². The highest BCUT2D eigenvalue weighted by Crippen LogP contribution is 2.19. The van der Waals surface area contributed by atoms with Gasteiger partial charge in [0.05, 0.1) is 6.61 Å². The molecule has 15 heavy (non-hydrogen) atoms. The predicted octanol–water partition coefficient (Wildman–Crippen LogP) is -2.95. The molecule has 1 aliphatic heterocycles. The molecule has 6 N–H and O–H groups in total. The minimum atomic E-state index is -1.58. The smallest absolute Gasteiger partial charge is 0.406 e. The highest BCUT2D eigenvalue weighted by molar-refractivity contribution is 5.64. The molecule has 1 unspecified atom stereocenters. The van der Waals surface area contributed by atoms with Gasteiger partial charge in [-0.2, -0.15) is 0 Å². The fourth-order valence-corrected chi connectivity index (χ4v) is 1.34. The van der Waals surface area contributed by atoms with Crippen molar-refractivity contribution < 1.29 is 35.1 Å². The molecule has 1 rings (SSSR count). The van der Waals surface area contributed by atoms with E-state index in [1.807, 2.05) is 5.32 Å². The number of aliphatic hydroxyl groups excluding tert-OH is 4. The maximum Gasteiger partial charge on any atom is 0.406 e. The van der Waals surface area contributed by atoms with Gasteiger partial charge in [-0.05, 0) is 0 Å². The Morgan fingerprint density at radius 3 is 2.27 bits per heavy atom. The van der Waals surface area contributed by atoms with Crippen molar-refractivity contribution >= 4 is 6.09 Å². The van der Waals surface area contributed by atoms with Crippen molar-refractivity contribution in [2.24, 2.45) is 0 Å². The molecule has 0 aliphatic carbocycles. The van der Waals surface area contributed by atoms with Gasteiger partial charge in [-0.3, -0.25) is 5.32 Å². The van der Waals surface area contributed by atoms with Gasteiger partial charge in [0.2, 0.25) is 0 Å². The largest absolute Gasteiger partial charge is 0.465 e. The molecular weight excluding hydrogens is 210 g/mol. The molecule has 88 valence electrons. The number of rotatable bonds is 2. The SMILES string of the molecule is O=C(O)NC1O[C@H](CO)[C@@H](O)[C@H](O)[C@H]1O. The third kappa shape index (κ3) is 2.55. The Labute approximate surface area is 84.7 Å². The fraction of sp³-hybridized carbons (Fsp3) is 0.857. The second-order valence-corrected chi connectivity index (χ2v) is 3.20.